The fourth-order valence-electron chi connectivity index (χ4n) is 3.20. The van der Waals surface area contributed by atoms with E-state index in [-0.39, 0.29) is 11.0 Å². The van der Waals surface area contributed by atoms with E-state index in [4.69, 9.17) is 4.42 Å². The molecule has 0 atom stereocenters. The largest absolute Gasteiger partial charge is 0.423 e. The van der Waals surface area contributed by atoms with E-state index in [2.05, 4.69) is 32.9 Å². The van der Waals surface area contributed by atoms with Gasteiger partial charge in [-0.15, -0.1) is 0 Å². The van der Waals surface area contributed by atoms with E-state index in [9.17, 15) is 4.79 Å². The minimum absolute atomic E-state index is 0.245. The molecular formula is C20H26O2. The fourth-order valence-corrected chi connectivity index (χ4v) is 3.20. The molecule has 1 aromatic heterocycles. The second kappa shape index (κ2) is 6.51. The summed E-state index contributed by atoms with van der Waals surface area (Å²) < 4.78 is 5.20. The van der Waals surface area contributed by atoms with E-state index in [1.54, 1.807) is 0 Å². The number of aryl methyl sites for hydroxylation is 1. The third kappa shape index (κ3) is 4.09. The first-order valence-corrected chi connectivity index (χ1v) is 7.96. The third-order valence-corrected chi connectivity index (χ3v) is 4.36. The van der Waals surface area contributed by atoms with E-state index in [1.165, 1.54) is 36.5 Å². The predicted octanol–water partition coefficient (Wildman–Crippen LogP) is 5.43. The molecule has 1 aliphatic carbocycles. The first-order valence-electron chi connectivity index (χ1n) is 7.96. The van der Waals surface area contributed by atoms with E-state index >= 15 is 0 Å². The Morgan fingerprint density at radius 2 is 2.00 bits per heavy atom. The molecule has 0 radical (unpaired) electrons. The molecule has 118 valence electrons. The molecule has 22 heavy (non-hydrogen) atoms. The molecule has 0 aromatic carbocycles. The lowest BCUT2D eigenvalue weighted by Crippen LogP contribution is -2.19. The van der Waals surface area contributed by atoms with Gasteiger partial charge >= 0.3 is 5.63 Å². The van der Waals surface area contributed by atoms with Gasteiger partial charge in [0.2, 0.25) is 0 Å². The van der Waals surface area contributed by atoms with Crippen molar-refractivity contribution in [3.8, 4) is 0 Å². The van der Waals surface area contributed by atoms with Crippen LogP contribution in [0.5, 0.6) is 0 Å². The quantitative estimate of drug-likeness (QED) is 0.696. The summed E-state index contributed by atoms with van der Waals surface area (Å²) in [5, 5.41) is 0. The summed E-state index contributed by atoms with van der Waals surface area (Å²) in [4.78, 5) is 11.4. The molecule has 0 amide bonds. The monoisotopic (exact) mass is 298 g/mol. The highest BCUT2D eigenvalue weighted by atomic mass is 16.4. The molecule has 2 nitrogen and oxygen atoms in total. The molecule has 1 aliphatic rings. The van der Waals surface area contributed by atoms with Crippen molar-refractivity contribution in [1.29, 1.82) is 0 Å². The normalized spacial score (nSPS) is 19.0. The van der Waals surface area contributed by atoms with Gasteiger partial charge in [0.05, 0.1) is 0 Å². The Kier molecular flexibility index (Phi) is 4.90. The maximum atomic E-state index is 11.4. The van der Waals surface area contributed by atoms with Gasteiger partial charge in [-0.3, -0.25) is 0 Å². The molecule has 0 fully saturated rings. The van der Waals surface area contributed by atoms with E-state index in [0.717, 1.165) is 11.1 Å². The van der Waals surface area contributed by atoms with Crippen molar-refractivity contribution in [1.82, 2.24) is 0 Å². The molecule has 0 aliphatic heterocycles. The zero-order valence-electron chi connectivity index (χ0n) is 14.3. The lowest BCUT2D eigenvalue weighted by atomic mass is 9.72. The van der Waals surface area contributed by atoms with Gasteiger partial charge in [-0.05, 0) is 74.3 Å². The van der Waals surface area contributed by atoms with Crippen molar-refractivity contribution in [2.24, 2.45) is 5.41 Å². The Balaban J connectivity index is 2.25. The summed E-state index contributed by atoms with van der Waals surface area (Å²) in [5.74, 6) is 0.612. The lowest BCUT2D eigenvalue weighted by molar-refractivity contribution is 0.377. The minimum Gasteiger partial charge on any atom is -0.423 e. The van der Waals surface area contributed by atoms with Crippen LogP contribution in [0.2, 0.25) is 0 Å². The maximum Gasteiger partial charge on any atom is 0.336 e. The van der Waals surface area contributed by atoms with Crippen molar-refractivity contribution in [2.45, 2.75) is 53.9 Å². The van der Waals surface area contributed by atoms with Crippen LogP contribution in [0.25, 0.3) is 6.08 Å². The van der Waals surface area contributed by atoms with Gasteiger partial charge in [0.1, 0.15) is 5.76 Å². The zero-order chi connectivity index (χ0) is 16.3. The van der Waals surface area contributed by atoms with Crippen molar-refractivity contribution in [2.75, 3.05) is 0 Å². The molecule has 0 N–H and O–H groups in total. The fraction of sp³-hybridized carbons (Fsp3) is 0.450. The molecule has 2 rings (SSSR count). The van der Waals surface area contributed by atoms with Gasteiger partial charge < -0.3 is 4.42 Å². The van der Waals surface area contributed by atoms with Crippen LogP contribution in [-0.4, -0.2) is 0 Å². The second-order valence-electron chi connectivity index (χ2n) is 7.01. The predicted molar refractivity (Wildman–Crippen MR) is 92.8 cm³/mol. The van der Waals surface area contributed by atoms with Gasteiger partial charge in [-0.2, -0.15) is 0 Å². The highest BCUT2D eigenvalue weighted by molar-refractivity contribution is 5.52. The van der Waals surface area contributed by atoms with Crippen LogP contribution >= 0.6 is 0 Å². The Morgan fingerprint density at radius 3 is 2.64 bits per heavy atom. The van der Waals surface area contributed by atoms with Gasteiger partial charge in [-0.1, -0.05) is 31.6 Å². The van der Waals surface area contributed by atoms with Crippen LogP contribution in [0.1, 0.15) is 58.3 Å². The van der Waals surface area contributed by atoms with Crippen LogP contribution in [0.4, 0.5) is 0 Å². The molecule has 0 saturated heterocycles. The molecule has 1 aromatic rings. The average Bonchev–Trinajstić information content (AvgIpc) is 2.35. The van der Waals surface area contributed by atoms with Crippen LogP contribution < -0.4 is 5.63 Å². The van der Waals surface area contributed by atoms with Crippen molar-refractivity contribution < 1.29 is 4.42 Å². The maximum absolute atomic E-state index is 11.4. The molecular weight excluding hydrogens is 272 g/mol. The van der Waals surface area contributed by atoms with E-state index < -0.39 is 0 Å². The van der Waals surface area contributed by atoms with Crippen LogP contribution in [0.15, 0.2) is 50.2 Å². The minimum atomic E-state index is -0.296. The average molecular weight is 298 g/mol. The highest BCUT2D eigenvalue weighted by Gasteiger charge is 2.26. The molecule has 0 saturated carbocycles. The SMILES string of the molecule is CC1=C(/C=C\C(C)=C\c2cc(C)cc(=O)o2)C(C)(C)CCC1. The molecule has 0 unspecified atom stereocenters. The van der Waals surface area contributed by atoms with E-state index in [0.29, 0.717) is 5.76 Å². The molecule has 0 spiro atoms. The summed E-state index contributed by atoms with van der Waals surface area (Å²) in [6.45, 7) is 10.8. The van der Waals surface area contributed by atoms with Crippen molar-refractivity contribution in [3.63, 3.8) is 0 Å². The number of allylic oxidation sites excluding steroid dienone is 5. The first-order chi connectivity index (χ1) is 10.3. The van der Waals surface area contributed by atoms with Crippen LogP contribution in [0, 0.1) is 12.3 Å². The third-order valence-electron chi connectivity index (χ3n) is 4.36. The van der Waals surface area contributed by atoms with Crippen molar-refractivity contribution >= 4 is 6.08 Å². The van der Waals surface area contributed by atoms with Gasteiger partial charge in [0, 0.05) is 6.07 Å². The lowest BCUT2D eigenvalue weighted by Gasteiger charge is -2.32. The number of hydrogen-bond acceptors (Lipinski definition) is 2. The summed E-state index contributed by atoms with van der Waals surface area (Å²) in [6, 6.07) is 3.38. The Morgan fingerprint density at radius 1 is 1.27 bits per heavy atom. The zero-order valence-corrected chi connectivity index (χ0v) is 14.3. The number of rotatable bonds is 3. The molecule has 1 heterocycles. The summed E-state index contributed by atoms with van der Waals surface area (Å²) in [6.07, 6.45) is 9.97. The van der Waals surface area contributed by atoms with Gasteiger partial charge in [-0.25, -0.2) is 4.79 Å². The standard InChI is InChI=1S/C20H26O2/c1-14(11-17-12-15(2)13-19(21)22-17)8-9-18-16(3)7-6-10-20(18,4)5/h8-9,11-13H,6-7,10H2,1-5H3/b9-8-,14-11+. The van der Waals surface area contributed by atoms with Crippen molar-refractivity contribution in [3.05, 3.63) is 62.7 Å². The summed E-state index contributed by atoms with van der Waals surface area (Å²) >= 11 is 0. The van der Waals surface area contributed by atoms with Crippen LogP contribution in [0.3, 0.4) is 0 Å². The summed E-state index contributed by atoms with van der Waals surface area (Å²) in [7, 11) is 0. The molecule has 2 heteroatoms. The Bertz CT molecular complexity index is 697. The topological polar surface area (TPSA) is 30.2 Å². The van der Waals surface area contributed by atoms with Gasteiger partial charge in [0.25, 0.3) is 0 Å². The van der Waals surface area contributed by atoms with E-state index in [1.807, 2.05) is 26.0 Å². The smallest absolute Gasteiger partial charge is 0.336 e. The van der Waals surface area contributed by atoms with Crippen LogP contribution in [-0.2, 0) is 0 Å². The first kappa shape index (κ1) is 16.5. The second-order valence-corrected chi connectivity index (χ2v) is 7.01. The molecule has 0 bridgehead atoms. The number of hydrogen-bond donors (Lipinski definition) is 0. The highest BCUT2D eigenvalue weighted by Crippen LogP contribution is 2.40. The Labute approximate surface area is 133 Å². The Hall–Kier alpha value is -1.83. The van der Waals surface area contributed by atoms with Gasteiger partial charge in [0.15, 0.2) is 0 Å². The summed E-state index contributed by atoms with van der Waals surface area (Å²) in [5.41, 5.74) is 4.88.